The highest BCUT2D eigenvalue weighted by Crippen LogP contribution is 2.19. The zero-order valence-electron chi connectivity index (χ0n) is 7.99. The second-order valence-corrected chi connectivity index (χ2v) is 3.41. The van der Waals surface area contributed by atoms with Crippen molar-refractivity contribution in [3.63, 3.8) is 0 Å². The molecule has 0 aromatic rings. The normalized spacial score (nSPS) is 29.1. The fraction of sp³-hybridized carbons (Fsp3) is 0.889. The maximum Gasteiger partial charge on any atom is 0.508 e. The van der Waals surface area contributed by atoms with Gasteiger partial charge in [0.2, 0.25) is 0 Å². The van der Waals surface area contributed by atoms with Gasteiger partial charge in [-0.15, -0.1) is 0 Å². The number of carbonyl (C=O) groups excluding carboxylic acids is 1. The van der Waals surface area contributed by atoms with Crippen LogP contribution in [-0.2, 0) is 9.47 Å². The van der Waals surface area contributed by atoms with Gasteiger partial charge in [0.25, 0.3) is 0 Å². The van der Waals surface area contributed by atoms with Gasteiger partial charge in [-0.2, -0.15) is 0 Å². The van der Waals surface area contributed by atoms with Crippen LogP contribution in [0.5, 0.6) is 0 Å². The Bertz CT molecular complexity index is 172. The van der Waals surface area contributed by atoms with Crippen molar-refractivity contribution < 1.29 is 14.3 Å². The van der Waals surface area contributed by atoms with E-state index in [1.165, 1.54) is 13.5 Å². The molecule has 13 heavy (non-hydrogen) atoms. The summed E-state index contributed by atoms with van der Waals surface area (Å²) in [5.41, 5.74) is 5.85. The van der Waals surface area contributed by atoms with Crippen LogP contribution in [0.15, 0.2) is 0 Å². The third-order valence-corrected chi connectivity index (χ3v) is 2.42. The van der Waals surface area contributed by atoms with Crippen LogP contribution in [0.4, 0.5) is 4.79 Å². The van der Waals surface area contributed by atoms with E-state index in [1.54, 1.807) is 0 Å². The van der Waals surface area contributed by atoms with Crippen LogP contribution in [0.1, 0.15) is 32.1 Å². The Labute approximate surface area is 78.4 Å². The lowest BCUT2D eigenvalue weighted by Crippen LogP contribution is -2.37. The average molecular weight is 187 g/mol. The monoisotopic (exact) mass is 187 g/mol. The zero-order chi connectivity index (χ0) is 9.68. The fourth-order valence-electron chi connectivity index (χ4n) is 1.62. The van der Waals surface area contributed by atoms with Gasteiger partial charge in [-0.05, 0) is 19.3 Å². The van der Waals surface area contributed by atoms with Crippen molar-refractivity contribution in [2.75, 3.05) is 7.11 Å². The standard InChI is InChI=1S/C9H17NO3/c1-12-9(11)13-8-6-4-2-3-5-7(8)10/h7-8H,2-6,10H2,1H3. The summed E-state index contributed by atoms with van der Waals surface area (Å²) < 4.78 is 9.47. The lowest BCUT2D eigenvalue weighted by Gasteiger charge is -2.20. The lowest BCUT2D eigenvalue weighted by molar-refractivity contribution is 0.0246. The van der Waals surface area contributed by atoms with Crippen molar-refractivity contribution in [2.24, 2.45) is 5.73 Å². The summed E-state index contributed by atoms with van der Waals surface area (Å²) in [4.78, 5) is 10.8. The molecule has 2 N–H and O–H groups in total. The van der Waals surface area contributed by atoms with E-state index in [9.17, 15) is 4.79 Å². The summed E-state index contributed by atoms with van der Waals surface area (Å²) in [6.45, 7) is 0. The Morgan fingerprint density at radius 2 is 2.00 bits per heavy atom. The Balaban J connectivity index is 2.40. The van der Waals surface area contributed by atoms with Gasteiger partial charge in [0.15, 0.2) is 0 Å². The topological polar surface area (TPSA) is 61.5 Å². The fourth-order valence-corrected chi connectivity index (χ4v) is 1.62. The maximum absolute atomic E-state index is 10.8. The predicted octanol–water partition coefficient (Wildman–Crippen LogP) is 1.43. The van der Waals surface area contributed by atoms with Gasteiger partial charge < -0.3 is 15.2 Å². The van der Waals surface area contributed by atoms with Gasteiger partial charge in [0.05, 0.1) is 7.11 Å². The Hall–Kier alpha value is -0.770. The summed E-state index contributed by atoms with van der Waals surface area (Å²) in [5.74, 6) is 0. The van der Waals surface area contributed by atoms with Crippen molar-refractivity contribution in [1.82, 2.24) is 0 Å². The van der Waals surface area contributed by atoms with Gasteiger partial charge in [-0.1, -0.05) is 12.8 Å². The molecule has 0 spiro atoms. The van der Waals surface area contributed by atoms with Crippen LogP contribution in [0.2, 0.25) is 0 Å². The molecule has 0 radical (unpaired) electrons. The quantitative estimate of drug-likeness (QED) is 0.498. The maximum atomic E-state index is 10.8. The third kappa shape index (κ3) is 3.22. The largest absolute Gasteiger partial charge is 0.508 e. The molecule has 1 rings (SSSR count). The van der Waals surface area contributed by atoms with Crippen molar-refractivity contribution in [3.05, 3.63) is 0 Å². The van der Waals surface area contributed by atoms with E-state index >= 15 is 0 Å². The SMILES string of the molecule is COC(=O)OC1CCCCCC1N. The second-order valence-electron chi connectivity index (χ2n) is 3.41. The molecule has 0 saturated heterocycles. The molecular formula is C9H17NO3. The predicted molar refractivity (Wildman–Crippen MR) is 48.3 cm³/mol. The number of rotatable bonds is 1. The number of methoxy groups -OCH3 is 1. The van der Waals surface area contributed by atoms with Crippen molar-refractivity contribution in [3.8, 4) is 0 Å². The minimum absolute atomic E-state index is 0.0263. The van der Waals surface area contributed by atoms with E-state index in [-0.39, 0.29) is 12.1 Å². The second kappa shape index (κ2) is 5.07. The van der Waals surface area contributed by atoms with Gasteiger partial charge in [0, 0.05) is 6.04 Å². The molecule has 1 saturated carbocycles. The van der Waals surface area contributed by atoms with E-state index < -0.39 is 6.16 Å². The molecule has 4 nitrogen and oxygen atoms in total. The molecule has 2 unspecified atom stereocenters. The van der Waals surface area contributed by atoms with Crippen LogP contribution in [0.25, 0.3) is 0 Å². The third-order valence-electron chi connectivity index (χ3n) is 2.42. The van der Waals surface area contributed by atoms with Crippen molar-refractivity contribution in [1.29, 1.82) is 0 Å². The van der Waals surface area contributed by atoms with Gasteiger partial charge in [-0.3, -0.25) is 0 Å². The highest BCUT2D eigenvalue weighted by Gasteiger charge is 2.24. The molecule has 2 atom stereocenters. The lowest BCUT2D eigenvalue weighted by atomic mass is 10.1. The average Bonchev–Trinajstić information content (AvgIpc) is 2.32. The molecule has 4 heteroatoms. The van der Waals surface area contributed by atoms with E-state index in [4.69, 9.17) is 10.5 Å². The summed E-state index contributed by atoms with van der Waals surface area (Å²) in [6.07, 6.45) is 4.39. The highest BCUT2D eigenvalue weighted by atomic mass is 16.7. The first-order valence-electron chi connectivity index (χ1n) is 4.74. The minimum atomic E-state index is -0.623. The molecule has 0 aliphatic heterocycles. The Morgan fingerprint density at radius 3 is 2.69 bits per heavy atom. The van der Waals surface area contributed by atoms with E-state index in [2.05, 4.69) is 4.74 Å². The smallest absolute Gasteiger partial charge is 0.438 e. The molecule has 1 aliphatic rings. The molecule has 76 valence electrons. The summed E-state index contributed by atoms with van der Waals surface area (Å²) in [7, 11) is 1.31. The van der Waals surface area contributed by atoms with Crippen LogP contribution in [0.3, 0.4) is 0 Å². The number of hydrogen-bond donors (Lipinski definition) is 1. The van der Waals surface area contributed by atoms with E-state index in [1.807, 2.05) is 0 Å². The van der Waals surface area contributed by atoms with E-state index in [0.717, 1.165) is 25.7 Å². The number of ether oxygens (including phenoxy) is 2. The van der Waals surface area contributed by atoms with Crippen molar-refractivity contribution in [2.45, 2.75) is 44.2 Å². The summed E-state index contributed by atoms with van der Waals surface area (Å²) >= 11 is 0. The minimum Gasteiger partial charge on any atom is -0.438 e. The van der Waals surface area contributed by atoms with Crippen LogP contribution >= 0.6 is 0 Å². The number of hydrogen-bond acceptors (Lipinski definition) is 4. The Morgan fingerprint density at radius 1 is 1.31 bits per heavy atom. The van der Waals surface area contributed by atoms with Crippen LogP contribution in [-0.4, -0.2) is 25.4 Å². The van der Waals surface area contributed by atoms with E-state index in [0.29, 0.717) is 0 Å². The first-order valence-corrected chi connectivity index (χ1v) is 4.74. The van der Waals surface area contributed by atoms with Crippen molar-refractivity contribution >= 4 is 6.16 Å². The van der Waals surface area contributed by atoms with Gasteiger partial charge in [0.1, 0.15) is 6.10 Å². The first-order chi connectivity index (χ1) is 6.24. The van der Waals surface area contributed by atoms with Crippen LogP contribution < -0.4 is 5.73 Å². The molecule has 1 fully saturated rings. The number of carbonyl (C=O) groups is 1. The molecular weight excluding hydrogens is 170 g/mol. The highest BCUT2D eigenvalue weighted by molar-refractivity contribution is 5.59. The van der Waals surface area contributed by atoms with Gasteiger partial charge >= 0.3 is 6.16 Å². The molecule has 0 aromatic carbocycles. The molecule has 1 aliphatic carbocycles. The summed E-state index contributed by atoms with van der Waals surface area (Å²) in [5, 5.41) is 0. The van der Waals surface area contributed by atoms with Crippen LogP contribution in [0, 0.1) is 0 Å². The summed E-state index contributed by atoms with van der Waals surface area (Å²) in [6, 6.07) is -0.0263. The number of nitrogens with two attached hydrogens (primary N) is 1. The first kappa shape index (κ1) is 10.3. The molecule has 0 bridgehead atoms. The molecule has 0 heterocycles. The van der Waals surface area contributed by atoms with Gasteiger partial charge in [-0.25, -0.2) is 4.79 Å². The molecule has 0 aromatic heterocycles. The molecule has 0 amide bonds. The zero-order valence-corrected chi connectivity index (χ0v) is 7.99. The Kier molecular flexibility index (Phi) is 4.02.